The number of likely N-dealkylation sites (tertiary alicyclic amines) is 2. The Morgan fingerprint density at radius 2 is 2.09 bits per heavy atom. The van der Waals surface area contributed by atoms with Crippen LogP contribution in [0, 0.1) is 0 Å². The average Bonchev–Trinajstić information content (AvgIpc) is 3.11. The Bertz CT molecular complexity index is 549. The van der Waals surface area contributed by atoms with E-state index < -0.39 is 0 Å². The zero-order chi connectivity index (χ0) is 16.4. The number of aromatic nitrogens is 2. The van der Waals surface area contributed by atoms with E-state index in [-0.39, 0.29) is 11.4 Å². The molecule has 128 valence electrons. The van der Waals surface area contributed by atoms with E-state index in [0.29, 0.717) is 11.7 Å². The minimum Gasteiger partial charge on any atom is -0.380 e. The normalized spacial score (nSPS) is 24.5. The third-order valence-corrected chi connectivity index (χ3v) is 5.77. The number of amides is 1. The second kappa shape index (κ2) is 6.61. The van der Waals surface area contributed by atoms with Crippen LogP contribution >= 0.6 is 0 Å². The van der Waals surface area contributed by atoms with Crippen LogP contribution in [0.25, 0.3) is 0 Å². The Morgan fingerprint density at radius 1 is 1.35 bits per heavy atom. The highest BCUT2D eigenvalue weighted by Gasteiger charge is 2.46. The first-order valence-electron chi connectivity index (χ1n) is 8.65. The molecule has 2 saturated heterocycles. The molecule has 6 nitrogen and oxygen atoms in total. The Balaban J connectivity index is 1.60. The summed E-state index contributed by atoms with van der Waals surface area (Å²) < 4.78 is 7.29. The van der Waals surface area contributed by atoms with Gasteiger partial charge in [0.25, 0.3) is 5.91 Å². The molecule has 0 bridgehead atoms. The molecule has 0 N–H and O–H groups in total. The van der Waals surface area contributed by atoms with Gasteiger partial charge >= 0.3 is 0 Å². The van der Waals surface area contributed by atoms with Crippen LogP contribution in [0.5, 0.6) is 0 Å². The van der Waals surface area contributed by atoms with Crippen LogP contribution in [0.3, 0.4) is 0 Å². The number of ether oxygens (including phenoxy) is 1. The van der Waals surface area contributed by atoms with Gasteiger partial charge in [0, 0.05) is 44.5 Å². The molecule has 2 aliphatic heterocycles. The fraction of sp³-hybridized carbons (Fsp3) is 0.765. The zero-order valence-electron chi connectivity index (χ0n) is 14.5. The van der Waals surface area contributed by atoms with Gasteiger partial charge in [0.1, 0.15) is 5.69 Å². The molecule has 0 radical (unpaired) electrons. The van der Waals surface area contributed by atoms with Gasteiger partial charge in [-0.1, -0.05) is 0 Å². The Labute approximate surface area is 138 Å². The lowest BCUT2D eigenvalue weighted by Gasteiger charge is -2.45. The van der Waals surface area contributed by atoms with Crippen LogP contribution in [0.2, 0.25) is 0 Å². The zero-order valence-corrected chi connectivity index (χ0v) is 14.5. The minimum atomic E-state index is 0.103. The maximum Gasteiger partial charge on any atom is 0.272 e. The highest BCUT2D eigenvalue weighted by atomic mass is 16.5. The van der Waals surface area contributed by atoms with Gasteiger partial charge in [-0.25, -0.2) is 0 Å². The molecule has 0 aliphatic carbocycles. The number of hydrogen-bond donors (Lipinski definition) is 0. The van der Waals surface area contributed by atoms with Crippen LogP contribution in [-0.2, 0) is 11.8 Å². The van der Waals surface area contributed by atoms with Gasteiger partial charge in [-0.05, 0) is 45.7 Å². The van der Waals surface area contributed by atoms with Crippen LogP contribution in [0.15, 0.2) is 12.3 Å². The second-order valence-electron chi connectivity index (χ2n) is 6.82. The summed E-state index contributed by atoms with van der Waals surface area (Å²) in [6, 6.07) is 2.32. The molecule has 23 heavy (non-hydrogen) atoms. The third kappa shape index (κ3) is 3.02. The summed E-state index contributed by atoms with van der Waals surface area (Å²) in [6.45, 7) is 5.31. The first-order chi connectivity index (χ1) is 11.1. The van der Waals surface area contributed by atoms with Crippen molar-refractivity contribution < 1.29 is 9.53 Å². The van der Waals surface area contributed by atoms with E-state index in [1.54, 1.807) is 16.9 Å². The molecule has 1 amide bonds. The lowest BCUT2D eigenvalue weighted by atomic mass is 9.85. The van der Waals surface area contributed by atoms with E-state index in [0.717, 1.165) is 39.1 Å². The number of rotatable bonds is 4. The maximum absolute atomic E-state index is 12.6. The average molecular weight is 320 g/mol. The van der Waals surface area contributed by atoms with E-state index in [2.05, 4.69) is 17.0 Å². The molecule has 3 heterocycles. The molecule has 0 saturated carbocycles. The fourth-order valence-corrected chi connectivity index (χ4v) is 4.12. The Kier molecular flexibility index (Phi) is 4.73. The molecule has 2 aliphatic rings. The predicted octanol–water partition coefficient (Wildman–Crippen LogP) is 1.53. The fourth-order valence-electron chi connectivity index (χ4n) is 4.12. The van der Waals surface area contributed by atoms with Gasteiger partial charge in [-0.3, -0.25) is 14.4 Å². The van der Waals surface area contributed by atoms with Crippen LogP contribution < -0.4 is 0 Å². The van der Waals surface area contributed by atoms with E-state index in [1.165, 1.54) is 12.8 Å². The molecule has 1 aromatic heterocycles. The molecular weight excluding hydrogens is 292 g/mol. The van der Waals surface area contributed by atoms with Crippen LogP contribution in [0.1, 0.15) is 43.1 Å². The summed E-state index contributed by atoms with van der Waals surface area (Å²) in [6.07, 6.45) is 6.20. The molecule has 1 aromatic rings. The van der Waals surface area contributed by atoms with E-state index in [9.17, 15) is 4.79 Å². The van der Waals surface area contributed by atoms with Gasteiger partial charge < -0.3 is 9.64 Å². The third-order valence-electron chi connectivity index (χ3n) is 5.77. The number of hydrogen-bond acceptors (Lipinski definition) is 4. The largest absolute Gasteiger partial charge is 0.380 e. The highest BCUT2D eigenvalue weighted by Crippen LogP contribution is 2.40. The quantitative estimate of drug-likeness (QED) is 0.844. The topological polar surface area (TPSA) is 50.6 Å². The van der Waals surface area contributed by atoms with E-state index >= 15 is 0 Å². The molecule has 0 aromatic carbocycles. The number of carbonyl (C=O) groups excluding carboxylic acids is 1. The molecule has 1 spiro atoms. The molecule has 1 atom stereocenters. The number of aryl methyl sites for hydroxylation is 1. The van der Waals surface area contributed by atoms with Gasteiger partial charge in [0.2, 0.25) is 0 Å². The van der Waals surface area contributed by atoms with Gasteiger partial charge in [-0.2, -0.15) is 5.10 Å². The van der Waals surface area contributed by atoms with Gasteiger partial charge in [0.15, 0.2) is 0 Å². The van der Waals surface area contributed by atoms with Gasteiger partial charge in [0.05, 0.1) is 6.61 Å². The van der Waals surface area contributed by atoms with Crippen molar-refractivity contribution in [3.8, 4) is 0 Å². The lowest BCUT2D eigenvalue weighted by molar-refractivity contribution is 0.0207. The first kappa shape index (κ1) is 16.5. The number of carbonyl (C=O) groups is 1. The standard InChI is InChI=1S/C17H28N4O2/c1-4-23-13-14-5-7-17(19(14)2)8-11-21(12-9-17)16(22)15-6-10-18-20(15)3/h6,10,14H,4-5,7-9,11-13H2,1-3H3. The van der Waals surface area contributed by atoms with Crippen molar-refractivity contribution in [2.45, 2.75) is 44.2 Å². The Hall–Kier alpha value is -1.40. The molecule has 6 heteroatoms. The summed E-state index contributed by atoms with van der Waals surface area (Å²) in [5.41, 5.74) is 0.931. The monoisotopic (exact) mass is 320 g/mol. The minimum absolute atomic E-state index is 0.103. The number of piperidine rings is 1. The number of nitrogens with zero attached hydrogens (tertiary/aromatic N) is 4. The summed E-state index contributed by atoms with van der Waals surface area (Å²) in [5, 5.41) is 4.10. The van der Waals surface area contributed by atoms with Crippen molar-refractivity contribution in [2.75, 3.05) is 33.4 Å². The second-order valence-corrected chi connectivity index (χ2v) is 6.82. The van der Waals surface area contributed by atoms with Crippen molar-refractivity contribution in [1.82, 2.24) is 19.6 Å². The van der Waals surface area contributed by atoms with Gasteiger partial charge in [-0.15, -0.1) is 0 Å². The highest BCUT2D eigenvalue weighted by molar-refractivity contribution is 5.92. The van der Waals surface area contributed by atoms with Crippen molar-refractivity contribution in [2.24, 2.45) is 7.05 Å². The summed E-state index contributed by atoms with van der Waals surface area (Å²) in [7, 11) is 4.05. The SMILES string of the molecule is CCOCC1CCC2(CCN(C(=O)c3ccnn3C)CC2)N1C. The Morgan fingerprint density at radius 3 is 2.70 bits per heavy atom. The van der Waals surface area contributed by atoms with Crippen LogP contribution in [-0.4, -0.2) is 70.4 Å². The lowest BCUT2D eigenvalue weighted by Crippen LogP contribution is -2.54. The van der Waals surface area contributed by atoms with E-state index in [1.807, 2.05) is 18.9 Å². The summed E-state index contributed by atoms with van der Waals surface area (Å²) >= 11 is 0. The molecule has 2 fully saturated rings. The van der Waals surface area contributed by atoms with Crippen LogP contribution in [0.4, 0.5) is 0 Å². The summed E-state index contributed by atoms with van der Waals surface area (Å²) in [4.78, 5) is 17.1. The molecular formula is C17H28N4O2. The van der Waals surface area contributed by atoms with E-state index in [4.69, 9.17) is 4.74 Å². The molecule has 1 unspecified atom stereocenters. The van der Waals surface area contributed by atoms with Crippen molar-refractivity contribution >= 4 is 5.91 Å². The van der Waals surface area contributed by atoms with Crippen molar-refractivity contribution in [1.29, 1.82) is 0 Å². The van der Waals surface area contributed by atoms with Crippen molar-refractivity contribution in [3.05, 3.63) is 18.0 Å². The smallest absolute Gasteiger partial charge is 0.272 e. The number of likely N-dealkylation sites (N-methyl/N-ethyl adjacent to an activating group) is 1. The summed E-state index contributed by atoms with van der Waals surface area (Å²) in [5.74, 6) is 0.103. The first-order valence-corrected chi connectivity index (χ1v) is 8.65. The maximum atomic E-state index is 12.6. The predicted molar refractivity (Wildman–Crippen MR) is 88.4 cm³/mol. The van der Waals surface area contributed by atoms with Crippen molar-refractivity contribution in [3.63, 3.8) is 0 Å². The molecule has 3 rings (SSSR count).